The minimum atomic E-state index is -0.325. The number of nitrogens with zero attached hydrogens (tertiary/aromatic N) is 1. The second-order valence-electron chi connectivity index (χ2n) is 1.91. The molecule has 1 aliphatic rings. The Morgan fingerprint density at radius 3 is 2.88 bits per heavy atom. The Kier molecular flexibility index (Phi) is 1.42. The molecule has 0 spiro atoms. The summed E-state index contributed by atoms with van der Waals surface area (Å²) in [6, 6.07) is 0. The molecular weight excluding hydrogens is 105 g/mol. The zero-order chi connectivity index (χ0) is 5.98. The first kappa shape index (κ1) is 5.48. The van der Waals surface area contributed by atoms with Gasteiger partial charge in [-0.25, -0.2) is 4.99 Å². The zero-order valence-electron chi connectivity index (χ0n) is 4.82. The van der Waals surface area contributed by atoms with Crippen LogP contribution >= 0.6 is 0 Å². The fraction of sp³-hybridized carbons (Fsp3) is 0.500. The minimum absolute atomic E-state index is 0.325. The van der Waals surface area contributed by atoms with Gasteiger partial charge in [0.2, 0.25) is 5.95 Å². The van der Waals surface area contributed by atoms with Crippen molar-refractivity contribution in [3.05, 3.63) is 12.0 Å². The van der Waals surface area contributed by atoms with Crippen LogP contribution in [0.15, 0.2) is 17.0 Å². The normalized spacial score (nSPS) is 19.8. The van der Waals surface area contributed by atoms with Crippen molar-refractivity contribution >= 4 is 5.71 Å². The highest BCUT2D eigenvalue weighted by Gasteiger charge is 1.99. The van der Waals surface area contributed by atoms with E-state index in [0.717, 1.165) is 18.6 Å². The van der Waals surface area contributed by atoms with Gasteiger partial charge < -0.3 is 0 Å². The number of rotatable bonds is 0. The first-order valence-corrected chi connectivity index (χ1v) is 2.69. The molecule has 0 aromatic heterocycles. The largest absolute Gasteiger partial charge is 0.230 e. The van der Waals surface area contributed by atoms with Crippen LogP contribution in [-0.4, -0.2) is 5.71 Å². The molecule has 1 rings (SSSR count). The molecular formula is C6H8FN. The van der Waals surface area contributed by atoms with Gasteiger partial charge in [0.15, 0.2) is 0 Å². The highest BCUT2D eigenvalue weighted by atomic mass is 19.1. The third-order valence-corrected chi connectivity index (χ3v) is 1.12. The molecule has 0 aliphatic carbocycles. The molecule has 0 bridgehead atoms. The summed E-state index contributed by atoms with van der Waals surface area (Å²) in [6.45, 7) is 1.84. The summed E-state index contributed by atoms with van der Waals surface area (Å²) in [6.07, 6.45) is 3.22. The van der Waals surface area contributed by atoms with Crippen LogP contribution in [0.4, 0.5) is 4.39 Å². The summed E-state index contributed by atoms with van der Waals surface area (Å²) in [5.74, 6) is -0.325. The Balaban J connectivity index is 2.69. The van der Waals surface area contributed by atoms with Crippen LogP contribution in [0.2, 0.25) is 0 Å². The van der Waals surface area contributed by atoms with Crippen molar-refractivity contribution < 1.29 is 4.39 Å². The number of hydrogen-bond acceptors (Lipinski definition) is 1. The van der Waals surface area contributed by atoms with Crippen LogP contribution in [0.25, 0.3) is 0 Å². The third kappa shape index (κ3) is 1.15. The summed E-state index contributed by atoms with van der Waals surface area (Å²) < 4.78 is 12.1. The van der Waals surface area contributed by atoms with E-state index in [4.69, 9.17) is 0 Å². The molecule has 44 valence electrons. The predicted octanol–water partition coefficient (Wildman–Crippen LogP) is 2.05. The van der Waals surface area contributed by atoms with Gasteiger partial charge in [0.25, 0.3) is 0 Å². The van der Waals surface area contributed by atoms with Gasteiger partial charge in [-0.05, 0) is 25.8 Å². The quantitative estimate of drug-likeness (QED) is 0.426. The van der Waals surface area contributed by atoms with Gasteiger partial charge in [-0.2, -0.15) is 4.39 Å². The molecule has 0 unspecified atom stereocenters. The van der Waals surface area contributed by atoms with Crippen LogP contribution in [0.5, 0.6) is 0 Å². The molecule has 0 fully saturated rings. The second-order valence-corrected chi connectivity index (χ2v) is 1.91. The smallest absolute Gasteiger partial charge is 0.208 e. The van der Waals surface area contributed by atoms with Crippen molar-refractivity contribution in [3.8, 4) is 0 Å². The number of halogens is 1. The molecule has 1 nitrogen and oxygen atoms in total. The van der Waals surface area contributed by atoms with Gasteiger partial charge in [-0.1, -0.05) is 0 Å². The van der Waals surface area contributed by atoms with E-state index in [0.29, 0.717) is 0 Å². The topological polar surface area (TPSA) is 12.4 Å². The number of hydrogen-bond donors (Lipinski definition) is 0. The maximum absolute atomic E-state index is 12.1. The second kappa shape index (κ2) is 2.07. The Hall–Kier alpha value is -0.660. The summed E-state index contributed by atoms with van der Waals surface area (Å²) in [7, 11) is 0. The van der Waals surface area contributed by atoms with E-state index in [2.05, 4.69) is 4.99 Å². The van der Waals surface area contributed by atoms with Crippen LogP contribution in [0, 0.1) is 0 Å². The SMILES string of the molecule is CC1=NC(F)=CCC1. The molecule has 0 amide bonds. The van der Waals surface area contributed by atoms with E-state index in [1.165, 1.54) is 6.08 Å². The summed E-state index contributed by atoms with van der Waals surface area (Å²) in [5.41, 5.74) is 0.894. The van der Waals surface area contributed by atoms with Gasteiger partial charge in [-0.3, -0.25) is 0 Å². The van der Waals surface area contributed by atoms with E-state index < -0.39 is 0 Å². The molecule has 1 aliphatic heterocycles. The van der Waals surface area contributed by atoms with Crippen molar-refractivity contribution in [2.75, 3.05) is 0 Å². The average Bonchev–Trinajstić information content (AvgIpc) is 1.64. The van der Waals surface area contributed by atoms with E-state index in [9.17, 15) is 4.39 Å². The maximum Gasteiger partial charge on any atom is 0.208 e. The summed E-state index contributed by atoms with van der Waals surface area (Å²) >= 11 is 0. The monoisotopic (exact) mass is 113 g/mol. The molecule has 0 aromatic carbocycles. The molecule has 0 saturated heterocycles. The molecule has 0 N–H and O–H groups in total. The van der Waals surface area contributed by atoms with Gasteiger partial charge >= 0.3 is 0 Å². The lowest BCUT2D eigenvalue weighted by atomic mass is 10.2. The fourth-order valence-electron chi connectivity index (χ4n) is 0.684. The van der Waals surface area contributed by atoms with Crippen molar-refractivity contribution in [1.82, 2.24) is 0 Å². The van der Waals surface area contributed by atoms with Gasteiger partial charge in [0.05, 0.1) is 0 Å². The van der Waals surface area contributed by atoms with Crippen LogP contribution in [-0.2, 0) is 0 Å². The van der Waals surface area contributed by atoms with E-state index in [1.807, 2.05) is 6.92 Å². The first-order valence-electron chi connectivity index (χ1n) is 2.69. The maximum atomic E-state index is 12.1. The predicted molar refractivity (Wildman–Crippen MR) is 31.5 cm³/mol. The Labute approximate surface area is 47.9 Å². The number of aliphatic imine (C=N–C) groups is 1. The molecule has 1 heterocycles. The molecule has 8 heavy (non-hydrogen) atoms. The van der Waals surface area contributed by atoms with Crippen molar-refractivity contribution in [1.29, 1.82) is 0 Å². The molecule has 2 heteroatoms. The van der Waals surface area contributed by atoms with E-state index >= 15 is 0 Å². The van der Waals surface area contributed by atoms with E-state index in [-0.39, 0.29) is 5.95 Å². The summed E-state index contributed by atoms with van der Waals surface area (Å²) in [5, 5.41) is 0. The number of allylic oxidation sites excluding steroid dienone is 1. The average molecular weight is 113 g/mol. The van der Waals surface area contributed by atoms with Crippen molar-refractivity contribution in [2.24, 2.45) is 4.99 Å². The lowest BCUT2D eigenvalue weighted by molar-refractivity contribution is 0.614. The Morgan fingerprint density at radius 1 is 1.75 bits per heavy atom. The highest BCUT2D eigenvalue weighted by molar-refractivity contribution is 5.83. The third-order valence-electron chi connectivity index (χ3n) is 1.12. The summed E-state index contributed by atoms with van der Waals surface area (Å²) in [4.78, 5) is 3.59. The Morgan fingerprint density at radius 2 is 2.50 bits per heavy atom. The van der Waals surface area contributed by atoms with E-state index in [1.54, 1.807) is 0 Å². The van der Waals surface area contributed by atoms with Crippen LogP contribution in [0.1, 0.15) is 19.8 Å². The first-order chi connectivity index (χ1) is 3.79. The lowest BCUT2D eigenvalue weighted by Gasteiger charge is -2.00. The minimum Gasteiger partial charge on any atom is -0.230 e. The highest BCUT2D eigenvalue weighted by Crippen LogP contribution is 2.10. The standard InChI is InChI=1S/C6H8FN/c1-5-3-2-4-6(7)8-5/h4H,2-3H2,1H3. The van der Waals surface area contributed by atoms with Crippen LogP contribution < -0.4 is 0 Å². The van der Waals surface area contributed by atoms with Gasteiger partial charge in [0, 0.05) is 5.71 Å². The fourth-order valence-corrected chi connectivity index (χ4v) is 0.684. The van der Waals surface area contributed by atoms with Crippen molar-refractivity contribution in [2.45, 2.75) is 19.8 Å². The zero-order valence-corrected chi connectivity index (χ0v) is 4.82. The Bertz CT molecular complexity index is 147. The molecule has 0 radical (unpaired) electrons. The van der Waals surface area contributed by atoms with Gasteiger partial charge in [-0.15, -0.1) is 0 Å². The van der Waals surface area contributed by atoms with Gasteiger partial charge in [0.1, 0.15) is 0 Å². The van der Waals surface area contributed by atoms with Crippen LogP contribution in [0.3, 0.4) is 0 Å². The van der Waals surface area contributed by atoms with Crippen molar-refractivity contribution in [3.63, 3.8) is 0 Å². The molecule has 0 atom stereocenters. The molecule has 0 saturated carbocycles. The lowest BCUT2D eigenvalue weighted by Crippen LogP contribution is -1.94. The molecule has 0 aromatic rings.